The molecule has 0 bridgehead atoms. The van der Waals surface area contributed by atoms with Crippen molar-refractivity contribution in [2.45, 2.75) is 26.2 Å². The minimum atomic E-state index is 0.432. The van der Waals surface area contributed by atoms with E-state index in [0.717, 1.165) is 35.3 Å². The number of aromatic nitrogens is 4. The van der Waals surface area contributed by atoms with Crippen LogP contribution in [0.5, 0.6) is 0 Å². The van der Waals surface area contributed by atoms with Crippen molar-refractivity contribution >= 4 is 40.0 Å². The Morgan fingerprint density at radius 2 is 2.30 bits per heavy atom. The Bertz CT molecular complexity index is 813. The monoisotopic (exact) mass is 347 g/mol. The highest BCUT2D eigenvalue weighted by Gasteiger charge is 2.22. The van der Waals surface area contributed by atoms with E-state index in [4.69, 9.17) is 11.6 Å². The predicted octanol–water partition coefficient (Wildman–Crippen LogP) is 4.36. The van der Waals surface area contributed by atoms with Gasteiger partial charge in [0.15, 0.2) is 16.6 Å². The molecule has 5 nitrogen and oxygen atoms in total. The fourth-order valence-electron chi connectivity index (χ4n) is 3.11. The second-order valence-corrected chi connectivity index (χ2v) is 7.24. The van der Waals surface area contributed by atoms with Crippen LogP contribution in [0.4, 0.5) is 5.95 Å². The molecule has 1 fully saturated rings. The summed E-state index contributed by atoms with van der Waals surface area (Å²) in [5.74, 6) is 2.23. The van der Waals surface area contributed by atoms with Crippen LogP contribution in [0, 0.1) is 5.92 Å². The normalized spacial score (nSPS) is 18.7. The van der Waals surface area contributed by atoms with Gasteiger partial charge in [0, 0.05) is 13.1 Å². The van der Waals surface area contributed by atoms with Gasteiger partial charge < -0.3 is 9.88 Å². The van der Waals surface area contributed by atoms with Crippen LogP contribution in [-0.4, -0.2) is 33.0 Å². The van der Waals surface area contributed by atoms with Gasteiger partial charge in [-0.3, -0.25) is 0 Å². The fourth-order valence-corrected chi connectivity index (χ4v) is 3.98. The molecule has 4 heterocycles. The molecule has 23 heavy (non-hydrogen) atoms. The predicted molar refractivity (Wildman–Crippen MR) is 95.2 cm³/mol. The number of fused-ring (bicyclic) bond motifs is 1. The van der Waals surface area contributed by atoms with Crippen molar-refractivity contribution in [1.82, 2.24) is 19.9 Å². The highest BCUT2D eigenvalue weighted by Crippen LogP contribution is 2.29. The van der Waals surface area contributed by atoms with Gasteiger partial charge in [0.25, 0.3) is 0 Å². The molecule has 3 aromatic rings. The lowest BCUT2D eigenvalue weighted by Gasteiger charge is -2.31. The largest absolute Gasteiger partial charge is 0.342 e. The van der Waals surface area contributed by atoms with Crippen molar-refractivity contribution in [3.05, 3.63) is 22.7 Å². The van der Waals surface area contributed by atoms with Crippen LogP contribution in [0.3, 0.4) is 0 Å². The number of nitrogens with zero attached hydrogens (tertiary/aromatic N) is 4. The summed E-state index contributed by atoms with van der Waals surface area (Å²) in [6.45, 7) is 4.32. The van der Waals surface area contributed by atoms with Crippen molar-refractivity contribution in [2.24, 2.45) is 5.92 Å². The third-order valence-electron chi connectivity index (χ3n) is 4.43. The zero-order valence-electron chi connectivity index (χ0n) is 12.9. The number of aromatic amines is 1. The van der Waals surface area contributed by atoms with Crippen LogP contribution in [0.15, 0.2) is 17.5 Å². The molecule has 7 heteroatoms. The lowest BCUT2D eigenvalue weighted by molar-refractivity contribution is 0.401. The topological polar surface area (TPSA) is 57.7 Å². The first-order chi connectivity index (χ1) is 11.2. The van der Waals surface area contributed by atoms with E-state index < -0.39 is 0 Å². The highest BCUT2D eigenvalue weighted by molar-refractivity contribution is 7.13. The molecule has 0 spiro atoms. The molecular formula is C16H18ClN5S. The molecule has 0 saturated carbocycles. The molecule has 120 valence electrons. The Labute approximate surface area is 143 Å². The Kier molecular flexibility index (Phi) is 3.95. The number of hydrogen-bond donors (Lipinski definition) is 1. The lowest BCUT2D eigenvalue weighted by atomic mass is 9.96. The highest BCUT2D eigenvalue weighted by atomic mass is 35.5. The summed E-state index contributed by atoms with van der Waals surface area (Å²) in [6.07, 6.45) is 3.71. The van der Waals surface area contributed by atoms with Gasteiger partial charge in [0.05, 0.1) is 4.88 Å². The van der Waals surface area contributed by atoms with Crippen LogP contribution in [-0.2, 0) is 0 Å². The number of nitrogens with one attached hydrogen (secondary N) is 1. The van der Waals surface area contributed by atoms with E-state index in [0.29, 0.717) is 16.6 Å². The summed E-state index contributed by atoms with van der Waals surface area (Å²) < 4.78 is 0. The number of anilines is 1. The minimum Gasteiger partial charge on any atom is -0.342 e. The number of piperidine rings is 1. The number of thiophene rings is 1. The molecule has 1 atom stereocenters. The number of halogens is 1. The summed E-state index contributed by atoms with van der Waals surface area (Å²) in [7, 11) is 0. The number of imidazole rings is 1. The molecule has 1 aliphatic heterocycles. The average Bonchev–Trinajstić information content (AvgIpc) is 3.24. The molecule has 0 amide bonds. The SMILES string of the molecule is CCC1CCCN(c2nc3nc(-c4cccs4)nc(Cl)c3[nH]2)C1. The minimum absolute atomic E-state index is 0.432. The molecule has 4 rings (SSSR count). The van der Waals surface area contributed by atoms with Crippen molar-refractivity contribution in [3.8, 4) is 10.7 Å². The van der Waals surface area contributed by atoms with Crippen molar-refractivity contribution in [1.29, 1.82) is 0 Å². The third-order valence-corrected chi connectivity index (χ3v) is 5.57. The molecule has 0 aliphatic carbocycles. The van der Waals surface area contributed by atoms with Crippen molar-refractivity contribution < 1.29 is 0 Å². The molecular weight excluding hydrogens is 330 g/mol. The summed E-state index contributed by atoms with van der Waals surface area (Å²) >= 11 is 7.95. The number of H-pyrrole nitrogens is 1. The molecule has 1 N–H and O–H groups in total. The Morgan fingerprint density at radius 1 is 1.39 bits per heavy atom. The fraction of sp³-hybridized carbons (Fsp3) is 0.438. The van der Waals surface area contributed by atoms with Gasteiger partial charge in [-0.25, -0.2) is 9.97 Å². The molecule has 1 saturated heterocycles. The van der Waals surface area contributed by atoms with E-state index in [1.165, 1.54) is 19.3 Å². The maximum Gasteiger partial charge on any atom is 0.205 e. The maximum atomic E-state index is 6.35. The van der Waals surface area contributed by atoms with E-state index in [9.17, 15) is 0 Å². The Hall–Kier alpha value is -1.66. The summed E-state index contributed by atoms with van der Waals surface area (Å²) in [5, 5.41) is 2.44. The van der Waals surface area contributed by atoms with Crippen molar-refractivity contribution in [2.75, 3.05) is 18.0 Å². The molecule has 0 aromatic carbocycles. The van der Waals surface area contributed by atoms with E-state index in [2.05, 4.69) is 31.8 Å². The van der Waals surface area contributed by atoms with Gasteiger partial charge in [0.2, 0.25) is 5.95 Å². The van der Waals surface area contributed by atoms with Gasteiger partial charge >= 0.3 is 0 Å². The summed E-state index contributed by atoms with van der Waals surface area (Å²) in [4.78, 5) is 20.3. The Balaban J connectivity index is 1.71. The van der Waals surface area contributed by atoms with Crippen LogP contribution in [0.2, 0.25) is 5.15 Å². The maximum absolute atomic E-state index is 6.35. The van der Waals surface area contributed by atoms with E-state index >= 15 is 0 Å². The van der Waals surface area contributed by atoms with Gasteiger partial charge in [-0.15, -0.1) is 11.3 Å². The Morgan fingerprint density at radius 3 is 3.09 bits per heavy atom. The molecule has 0 radical (unpaired) electrons. The molecule has 3 aromatic heterocycles. The second-order valence-electron chi connectivity index (χ2n) is 5.94. The zero-order valence-corrected chi connectivity index (χ0v) is 14.5. The first-order valence-corrected chi connectivity index (χ1v) is 9.22. The summed E-state index contributed by atoms with van der Waals surface area (Å²) in [5.41, 5.74) is 1.36. The molecule has 1 aliphatic rings. The number of rotatable bonds is 3. The quantitative estimate of drug-likeness (QED) is 0.715. The lowest BCUT2D eigenvalue weighted by Crippen LogP contribution is -2.35. The standard InChI is InChI=1S/C16H18ClN5S/c1-2-10-5-3-7-22(9-10)16-18-12-13(17)19-14(20-15(12)21-16)11-6-4-8-23-11/h4,6,8,10H,2-3,5,7,9H2,1H3,(H,18,19,20,21). The smallest absolute Gasteiger partial charge is 0.205 e. The molecule has 1 unspecified atom stereocenters. The van der Waals surface area contributed by atoms with E-state index in [-0.39, 0.29) is 0 Å². The number of hydrogen-bond acceptors (Lipinski definition) is 5. The van der Waals surface area contributed by atoms with Gasteiger partial charge in [-0.2, -0.15) is 4.98 Å². The van der Waals surface area contributed by atoms with E-state index in [1.807, 2.05) is 17.5 Å². The average molecular weight is 348 g/mol. The summed E-state index contributed by atoms with van der Waals surface area (Å²) in [6, 6.07) is 3.97. The zero-order chi connectivity index (χ0) is 15.8. The van der Waals surface area contributed by atoms with Gasteiger partial charge in [-0.05, 0) is 30.2 Å². The van der Waals surface area contributed by atoms with Crippen LogP contribution < -0.4 is 4.90 Å². The van der Waals surface area contributed by atoms with Crippen molar-refractivity contribution in [3.63, 3.8) is 0 Å². The van der Waals surface area contributed by atoms with Crippen LogP contribution in [0.1, 0.15) is 26.2 Å². The van der Waals surface area contributed by atoms with Crippen LogP contribution in [0.25, 0.3) is 21.9 Å². The van der Waals surface area contributed by atoms with Crippen LogP contribution >= 0.6 is 22.9 Å². The third kappa shape index (κ3) is 2.81. The second kappa shape index (κ2) is 6.09. The van der Waals surface area contributed by atoms with Gasteiger partial charge in [-0.1, -0.05) is 31.0 Å². The van der Waals surface area contributed by atoms with E-state index in [1.54, 1.807) is 11.3 Å². The first kappa shape index (κ1) is 14.9. The first-order valence-electron chi connectivity index (χ1n) is 7.96. The van der Waals surface area contributed by atoms with Gasteiger partial charge in [0.1, 0.15) is 5.52 Å².